The Labute approximate surface area is 241 Å². The summed E-state index contributed by atoms with van der Waals surface area (Å²) in [5.74, 6) is -0.453. The van der Waals surface area contributed by atoms with Gasteiger partial charge in [-0.2, -0.15) is 0 Å². The number of Topliss-reactive ketones (excluding diaryl/α,β-unsaturated/α-hetero) is 1. The fourth-order valence-corrected chi connectivity index (χ4v) is 5.80. The van der Waals surface area contributed by atoms with Crippen LogP contribution in [-0.2, 0) is 9.59 Å². The second-order valence-corrected chi connectivity index (χ2v) is 10.2. The molecule has 2 aromatic carbocycles. The van der Waals surface area contributed by atoms with Crippen molar-refractivity contribution >= 4 is 29.4 Å². The van der Waals surface area contributed by atoms with Crippen molar-refractivity contribution in [2.45, 2.75) is 26.2 Å². The molecule has 1 aliphatic carbocycles. The molecular weight excluding hydrogens is 540 g/mol. The third-order valence-corrected chi connectivity index (χ3v) is 7.68. The van der Waals surface area contributed by atoms with E-state index in [-0.39, 0.29) is 24.0 Å². The fourth-order valence-electron chi connectivity index (χ4n) is 5.80. The standard InChI is InChI=1S/C32H28N2O8/c1-4-33-31(36)27-16(2)34-23-12-18(30(35)29(23)28(27)17-5-9-25-26(13-17)41-15-40-25)11-20-7-10-24(42-20)21-8-6-19(39-3)14-22(21)32(37)38/h5-11,13-14,28-29H,4,12,15H2,1-3H3,(H,33,36)(H,37,38)/b18-11+. The summed E-state index contributed by atoms with van der Waals surface area (Å²) < 4.78 is 22.2. The molecule has 10 nitrogen and oxygen atoms in total. The van der Waals surface area contributed by atoms with Crippen molar-refractivity contribution in [1.29, 1.82) is 0 Å². The predicted molar refractivity (Wildman–Crippen MR) is 153 cm³/mol. The van der Waals surface area contributed by atoms with E-state index < -0.39 is 17.8 Å². The third kappa shape index (κ3) is 4.64. The van der Waals surface area contributed by atoms with Gasteiger partial charge < -0.3 is 29.1 Å². The number of benzene rings is 2. The van der Waals surface area contributed by atoms with Crippen LogP contribution >= 0.6 is 0 Å². The Morgan fingerprint density at radius 1 is 1.10 bits per heavy atom. The topological polar surface area (TPSA) is 137 Å². The first-order valence-corrected chi connectivity index (χ1v) is 13.5. The summed E-state index contributed by atoms with van der Waals surface area (Å²) in [7, 11) is 1.46. The monoisotopic (exact) mass is 568 g/mol. The van der Waals surface area contributed by atoms with Crippen molar-refractivity contribution in [3.05, 3.63) is 82.3 Å². The van der Waals surface area contributed by atoms with Gasteiger partial charge in [0.05, 0.1) is 18.6 Å². The van der Waals surface area contributed by atoms with E-state index in [1.165, 1.54) is 13.2 Å². The zero-order valence-corrected chi connectivity index (χ0v) is 23.2. The maximum Gasteiger partial charge on any atom is 0.336 e. The van der Waals surface area contributed by atoms with E-state index in [9.17, 15) is 19.5 Å². The molecule has 6 rings (SSSR count). The summed E-state index contributed by atoms with van der Waals surface area (Å²) in [5, 5.41) is 12.6. The van der Waals surface area contributed by atoms with E-state index in [4.69, 9.17) is 23.6 Å². The molecule has 3 heterocycles. The first kappa shape index (κ1) is 27.1. The van der Waals surface area contributed by atoms with Gasteiger partial charge in [0.15, 0.2) is 17.3 Å². The van der Waals surface area contributed by atoms with E-state index in [2.05, 4.69) is 5.32 Å². The minimum absolute atomic E-state index is 0.0335. The number of carboxylic acids is 1. The number of allylic oxidation sites excluding steroid dienone is 2. The Morgan fingerprint density at radius 3 is 2.67 bits per heavy atom. The molecule has 214 valence electrons. The van der Waals surface area contributed by atoms with E-state index >= 15 is 0 Å². The average molecular weight is 569 g/mol. The number of furan rings is 1. The van der Waals surface area contributed by atoms with Gasteiger partial charge in [-0.3, -0.25) is 14.6 Å². The number of hydrogen-bond acceptors (Lipinski definition) is 8. The van der Waals surface area contributed by atoms with Crippen LogP contribution in [0.3, 0.4) is 0 Å². The number of carbonyl (C=O) groups excluding carboxylic acids is 2. The van der Waals surface area contributed by atoms with Gasteiger partial charge in [0.1, 0.15) is 17.3 Å². The Kier molecular flexibility index (Phi) is 6.89. The molecule has 1 amide bonds. The maximum absolute atomic E-state index is 14.0. The Hall–Kier alpha value is -5.12. The molecule has 2 atom stereocenters. The van der Waals surface area contributed by atoms with Crippen molar-refractivity contribution in [2.75, 3.05) is 20.4 Å². The van der Waals surface area contributed by atoms with Gasteiger partial charge in [-0.1, -0.05) is 6.07 Å². The minimum Gasteiger partial charge on any atom is -0.497 e. The lowest BCUT2D eigenvalue weighted by Gasteiger charge is -2.30. The summed E-state index contributed by atoms with van der Waals surface area (Å²) in [6.45, 7) is 4.17. The number of fused-ring (bicyclic) bond motifs is 2. The van der Waals surface area contributed by atoms with E-state index in [0.717, 1.165) is 5.56 Å². The molecule has 2 unspecified atom stereocenters. The van der Waals surface area contributed by atoms with Gasteiger partial charge in [-0.15, -0.1) is 0 Å². The molecule has 1 saturated carbocycles. The molecule has 2 N–H and O–H groups in total. The number of ketones is 1. The van der Waals surface area contributed by atoms with Crippen molar-refractivity contribution in [3.63, 3.8) is 0 Å². The summed E-state index contributed by atoms with van der Waals surface area (Å²) in [5.41, 5.74) is 3.35. The fraction of sp³-hybridized carbons (Fsp3) is 0.250. The van der Waals surface area contributed by atoms with Crippen LogP contribution in [0.4, 0.5) is 0 Å². The molecular formula is C32H28N2O8. The van der Waals surface area contributed by atoms with Crippen molar-refractivity contribution < 1.29 is 38.1 Å². The highest BCUT2D eigenvalue weighted by Crippen LogP contribution is 2.47. The van der Waals surface area contributed by atoms with Gasteiger partial charge in [-0.05, 0) is 68.0 Å². The van der Waals surface area contributed by atoms with Crippen LogP contribution < -0.4 is 19.5 Å². The smallest absolute Gasteiger partial charge is 0.336 e. The molecule has 1 fully saturated rings. The van der Waals surface area contributed by atoms with Gasteiger partial charge in [-0.25, -0.2) is 4.79 Å². The first-order valence-electron chi connectivity index (χ1n) is 13.5. The van der Waals surface area contributed by atoms with E-state index in [1.54, 1.807) is 43.3 Å². The number of methoxy groups -OCH3 is 1. The molecule has 10 heteroatoms. The van der Waals surface area contributed by atoms with Crippen LogP contribution in [0.1, 0.15) is 47.9 Å². The van der Waals surface area contributed by atoms with Crippen molar-refractivity contribution in [3.8, 4) is 28.6 Å². The lowest BCUT2D eigenvalue weighted by atomic mass is 9.75. The highest BCUT2D eigenvalue weighted by atomic mass is 16.7. The number of ether oxygens (including phenoxy) is 3. The van der Waals surface area contributed by atoms with Crippen LogP contribution in [0.25, 0.3) is 17.4 Å². The number of likely N-dealkylation sites (N-methyl/N-ethyl adjacent to an activating group) is 1. The predicted octanol–water partition coefficient (Wildman–Crippen LogP) is 5.00. The number of amides is 1. The van der Waals surface area contributed by atoms with E-state index in [1.807, 2.05) is 19.1 Å². The van der Waals surface area contributed by atoms with Gasteiger partial charge in [0.2, 0.25) is 12.7 Å². The number of aliphatic imine (C=N–C) groups is 1. The number of hydrogen-bond donors (Lipinski definition) is 2. The quantitative estimate of drug-likeness (QED) is 0.380. The number of nitrogens with one attached hydrogen (secondary N) is 1. The van der Waals surface area contributed by atoms with Crippen LogP contribution in [0.15, 0.2) is 74.8 Å². The Morgan fingerprint density at radius 2 is 1.90 bits per heavy atom. The summed E-state index contributed by atoms with van der Waals surface area (Å²) >= 11 is 0. The van der Waals surface area contributed by atoms with Gasteiger partial charge in [0, 0.05) is 47.0 Å². The van der Waals surface area contributed by atoms with Crippen molar-refractivity contribution in [1.82, 2.24) is 5.32 Å². The zero-order valence-electron chi connectivity index (χ0n) is 23.2. The SMILES string of the molecule is CCNC(=O)C1=C(C)N=C2C/C(=C\c3ccc(-c4ccc(OC)cc4C(=O)O)o3)C(=O)C2C1c1ccc2c(c1)OCO2. The lowest BCUT2D eigenvalue weighted by Crippen LogP contribution is -2.36. The molecule has 0 bridgehead atoms. The second kappa shape index (κ2) is 10.7. The number of carbonyl (C=O) groups is 3. The molecule has 0 spiro atoms. The highest BCUT2D eigenvalue weighted by molar-refractivity contribution is 6.24. The summed E-state index contributed by atoms with van der Waals surface area (Å²) in [6.07, 6.45) is 1.96. The molecule has 0 saturated heterocycles. The first-order chi connectivity index (χ1) is 20.3. The van der Waals surface area contributed by atoms with Crippen LogP contribution in [0.2, 0.25) is 0 Å². The number of carboxylic acid groups (broad SMARTS) is 1. The lowest BCUT2D eigenvalue weighted by molar-refractivity contribution is -0.118. The van der Waals surface area contributed by atoms with E-state index in [0.29, 0.717) is 69.9 Å². The Bertz CT molecular complexity index is 1730. The highest BCUT2D eigenvalue weighted by Gasteiger charge is 2.47. The molecule has 42 heavy (non-hydrogen) atoms. The number of nitrogens with zero attached hydrogens (tertiary/aromatic N) is 1. The molecule has 3 aliphatic rings. The number of rotatable bonds is 7. The van der Waals surface area contributed by atoms with Crippen LogP contribution in [0.5, 0.6) is 17.2 Å². The summed E-state index contributed by atoms with van der Waals surface area (Å²) in [4.78, 5) is 43.9. The van der Waals surface area contributed by atoms with Gasteiger partial charge in [0.25, 0.3) is 0 Å². The summed E-state index contributed by atoms with van der Waals surface area (Å²) in [6, 6.07) is 13.5. The second-order valence-electron chi connectivity index (χ2n) is 10.2. The normalized spacial score (nSPS) is 20.0. The van der Waals surface area contributed by atoms with Crippen LogP contribution in [-0.4, -0.2) is 48.9 Å². The molecule has 1 aromatic heterocycles. The third-order valence-electron chi connectivity index (χ3n) is 7.68. The zero-order chi connectivity index (χ0) is 29.5. The maximum atomic E-state index is 14.0. The van der Waals surface area contributed by atoms with Crippen LogP contribution in [0, 0.1) is 5.92 Å². The van der Waals surface area contributed by atoms with Gasteiger partial charge >= 0.3 is 5.97 Å². The number of aromatic carboxylic acids is 1. The average Bonchev–Trinajstić information content (AvgIpc) is 3.71. The molecule has 2 aliphatic heterocycles. The molecule has 3 aromatic rings. The molecule has 0 radical (unpaired) electrons. The minimum atomic E-state index is -1.12. The van der Waals surface area contributed by atoms with Crippen molar-refractivity contribution in [2.24, 2.45) is 10.9 Å². The Balaban J connectivity index is 1.36. The largest absolute Gasteiger partial charge is 0.497 e.